The molecule has 1 aliphatic rings. The minimum atomic E-state index is 0.407. The van der Waals surface area contributed by atoms with E-state index in [-0.39, 0.29) is 0 Å². The van der Waals surface area contributed by atoms with Gasteiger partial charge in [0.05, 0.1) is 12.7 Å². The molecule has 1 aromatic heterocycles. The van der Waals surface area contributed by atoms with Crippen molar-refractivity contribution >= 4 is 27.3 Å². The molecule has 2 nitrogen and oxygen atoms in total. The summed E-state index contributed by atoms with van der Waals surface area (Å²) in [6.45, 7) is 3.02. The average molecular weight is 290 g/mol. The van der Waals surface area contributed by atoms with Crippen molar-refractivity contribution in [3.63, 3.8) is 0 Å². The quantitative estimate of drug-likeness (QED) is 0.923. The van der Waals surface area contributed by atoms with Gasteiger partial charge in [-0.05, 0) is 47.8 Å². The summed E-state index contributed by atoms with van der Waals surface area (Å²) in [4.78, 5) is 1.39. The van der Waals surface area contributed by atoms with E-state index >= 15 is 0 Å². The van der Waals surface area contributed by atoms with Gasteiger partial charge < -0.3 is 10.1 Å². The van der Waals surface area contributed by atoms with Crippen LogP contribution in [0.4, 0.5) is 0 Å². The molecule has 0 amide bonds. The number of thiophene rings is 1. The second-order valence-electron chi connectivity index (χ2n) is 4.04. The summed E-state index contributed by atoms with van der Waals surface area (Å²) >= 11 is 5.40. The van der Waals surface area contributed by atoms with Gasteiger partial charge in [0, 0.05) is 21.3 Å². The number of rotatable bonds is 3. The minimum Gasteiger partial charge on any atom is -0.378 e. The zero-order chi connectivity index (χ0) is 10.8. The molecule has 0 radical (unpaired) electrons. The van der Waals surface area contributed by atoms with Crippen molar-refractivity contribution < 1.29 is 4.74 Å². The Kier molecular flexibility index (Phi) is 3.83. The molecule has 2 heterocycles. The SMILES string of the molecule is CNC(c1sccc1Br)C1COC(C)C1. The molecule has 3 atom stereocenters. The molecule has 0 saturated carbocycles. The lowest BCUT2D eigenvalue weighted by atomic mass is 9.96. The number of ether oxygens (including phenoxy) is 1. The van der Waals surface area contributed by atoms with Gasteiger partial charge in [0.25, 0.3) is 0 Å². The molecule has 0 bridgehead atoms. The predicted octanol–water partition coefficient (Wildman–Crippen LogP) is 3.20. The second kappa shape index (κ2) is 4.95. The Morgan fingerprint density at radius 2 is 2.47 bits per heavy atom. The fraction of sp³-hybridized carbons (Fsp3) is 0.636. The Morgan fingerprint density at radius 1 is 1.67 bits per heavy atom. The van der Waals surface area contributed by atoms with Crippen LogP contribution in [-0.2, 0) is 4.74 Å². The summed E-state index contributed by atoms with van der Waals surface area (Å²) in [6.07, 6.45) is 1.56. The topological polar surface area (TPSA) is 21.3 Å². The van der Waals surface area contributed by atoms with Gasteiger partial charge >= 0.3 is 0 Å². The van der Waals surface area contributed by atoms with Gasteiger partial charge in [-0.15, -0.1) is 11.3 Å². The molecule has 0 aliphatic carbocycles. The lowest BCUT2D eigenvalue weighted by Gasteiger charge is -2.21. The Hall–Kier alpha value is 0.1000. The first-order valence-corrected chi connectivity index (χ1v) is 6.91. The zero-order valence-electron chi connectivity index (χ0n) is 9.00. The van der Waals surface area contributed by atoms with E-state index in [1.165, 1.54) is 9.35 Å². The molecule has 1 fully saturated rings. The maximum absolute atomic E-state index is 5.64. The first-order valence-electron chi connectivity index (χ1n) is 5.24. The summed E-state index contributed by atoms with van der Waals surface area (Å²) in [6, 6.07) is 2.54. The third-order valence-corrected chi connectivity index (χ3v) is 4.89. The van der Waals surface area contributed by atoms with E-state index in [9.17, 15) is 0 Å². The zero-order valence-corrected chi connectivity index (χ0v) is 11.4. The molecule has 1 aliphatic heterocycles. The van der Waals surface area contributed by atoms with Crippen LogP contribution in [0.25, 0.3) is 0 Å². The van der Waals surface area contributed by atoms with Crippen LogP contribution in [0.1, 0.15) is 24.3 Å². The summed E-state index contributed by atoms with van der Waals surface area (Å²) in [5, 5.41) is 5.54. The minimum absolute atomic E-state index is 0.407. The highest BCUT2D eigenvalue weighted by atomic mass is 79.9. The molecular weight excluding hydrogens is 274 g/mol. The Balaban J connectivity index is 2.14. The van der Waals surface area contributed by atoms with Crippen molar-refractivity contribution in [3.8, 4) is 0 Å². The number of nitrogens with one attached hydrogen (secondary N) is 1. The van der Waals surface area contributed by atoms with Crippen molar-refractivity contribution in [2.75, 3.05) is 13.7 Å². The van der Waals surface area contributed by atoms with E-state index in [2.05, 4.69) is 39.6 Å². The van der Waals surface area contributed by atoms with E-state index in [0.29, 0.717) is 18.1 Å². The summed E-state index contributed by atoms with van der Waals surface area (Å²) in [5.74, 6) is 0.597. The Bertz CT molecular complexity index is 328. The van der Waals surface area contributed by atoms with Gasteiger partial charge in [0.15, 0.2) is 0 Å². The molecule has 3 unspecified atom stereocenters. The molecule has 4 heteroatoms. The van der Waals surface area contributed by atoms with Gasteiger partial charge in [-0.3, -0.25) is 0 Å². The maximum Gasteiger partial charge on any atom is 0.0551 e. The standard InChI is InChI=1S/C11H16BrNOS/c1-7-5-8(6-14-7)10(13-2)11-9(12)3-4-15-11/h3-4,7-8,10,13H,5-6H2,1-2H3. The van der Waals surface area contributed by atoms with Crippen molar-refractivity contribution in [1.82, 2.24) is 5.32 Å². The van der Waals surface area contributed by atoms with Crippen LogP contribution < -0.4 is 5.32 Å². The summed E-state index contributed by atoms with van der Waals surface area (Å²) in [7, 11) is 2.03. The third kappa shape index (κ3) is 2.44. The second-order valence-corrected chi connectivity index (χ2v) is 5.84. The summed E-state index contributed by atoms with van der Waals surface area (Å²) in [5.41, 5.74) is 0. The lowest BCUT2D eigenvalue weighted by molar-refractivity contribution is 0.117. The van der Waals surface area contributed by atoms with Gasteiger partial charge in [0.2, 0.25) is 0 Å². The van der Waals surface area contributed by atoms with Crippen LogP contribution in [0.5, 0.6) is 0 Å². The molecule has 1 aromatic rings. The number of hydrogen-bond acceptors (Lipinski definition) is 3. The fourth-order valence-electron chi connectivity index (χ4n) is 2.19. The third-order valence-electron chi connectivity index (χ3n) is 2.94. The molecule has 0 spiro atoms. The van der Waals surface area contributed by atoms with E-state index in [0.717, 1.165) is 13.0 Å². The predicted molar refractivity (Wildman–Crippen MR) is 67.3 cm³/mol. The molecule has 1 N–H and O–H groups in total. The molecular formula is C11H16BrNOS. The smallest absolute Gasteiger partial charge is 0.0551 e. The Morgan fingerprint density at radius 3 is 2.93 bits per heavy atom. The van der Waals surface area contributed by atoms with E-state index < -0.39 is 0 Å². The largest absolute Gasteiger partial charge is 0.378 e. The van der Waals surface area contributed by atoms with Gasteiger partial charge in [0.1, 0.15) is 0 Å². The number of halogens is 1. The van der Waals surface area contributed by atoms with Gasteiger partial charge in [-0.2, -0.15) is 0 Å². The van der Waals surface area contributed by atoms with Crippen LogP contribution in [0, 0.1) is 5.92 Å². The Labute approximate surface area is 103 Å². The van der Waals surface area contributed by atoms with Crippen LogP contribution in [0.2, 0.25) is 0 Å². The normalized spacial score (nSPS) is 28.2. The monoisotopic (exact) mass is 289 g/mol. The van der Waals surface area contributed by atoms with E-state index in [4.69, 9.17) is 4.74 Å². The first-order chi connectivity index (χ1) is 7.22. The lowest BCUT2D eigenvalue weighted by Crippen LogP contribution is -2.25. The van der Waals surface area contributed by atoms with Gasteiger partial charge in [-0.1, -0.05) is 0 Å². The summed E-state index contributed by atoms with van der Waals surface area (Å²) < 4.78 is 6.85. The molecule has 15 heavy (non-hydrogen) atoms. The van der Waals surface area contributed by atoms with Crippen molar-refractivity contribution in [2.24, 2.45) is 5.92 Å². The van der Waals surface area contributed by atoms with Crippen molar-refractivity contribution in [1.29, 1.82) is 0 Å². The van der Waals surface area contributed by atoms with Crippen LogP contribution >= 0.6 is 27.3 Å². The molecule has 84 valence electrons. The molecule has 1 saturated heterocycles. The van der Waals surface area contributed by atoms with E-state index in [1.54, 1.807) is 11.3 Å². The van der Waals surface area contributed by atoms with Crippen LogP contribution in [0.3, 0.4) is 0 Å². The molecule has 0 aromatic carbocycles. The maximum atomic E-state index is 5.64. The van der Waals surface area contributed by atoms with Gasteiger partial charge in [-0.25, -0.2) is 0 Å². The highest BCUT2D eigenvalue weighted by molar-refractivity contribution is 9.10. The highest BCUT2D eigenvalue weighted by Gasteiger charge is 2.31. The fourth-order valence-corrected chi connectivity index (χ4v) is 4.01. The first kappa shape index (κ1) is 11.6. The average Bonchev–Trinajstić information content (AvgIpc) is 2.79. The number of hydrogen-bond donors (Lipinski definition) is 1. The highest BCUT2D eigenvalue weighted by Crippen LogP contribution is 2.37. The van der Waals surface area contributed by atoms with Crippen molar-refractivity contribution in [3.05, 3.63) is 20.8 Å². The van der Waals surface area contributed by atoms with E-state index in [1.807, 2.05) is 7.05 Å². The molecule has 2 rings (SSSR count). The van der Waals surface area contributed by atoms with Crippen molar-refractivity contribution in [2.45, 2.75) is 25.5 Å². The van der Waals surface area contributed by atoms with Crippen LogP contribution in [0.15, 0.2) is 15.9 Å². The van der Waals surface area contributed by atoms with Crippen LogP contribution in [-0.4, -0.2) is 19.8 Å².